The summed E-state index contributed by atoms with van der Waals surface area (Å²) in [6, 6.07) is 7.52. The number of hydrogen-bond donors (Lipinski definition) is 1. The van der Waals surface area contributed by atoms with E-state index in [-0.39, 0.29) is 18.5 Å². The van der Waals surface area contributed by atoms with Crippen molar-refractivity contribution in [3.05, 3.63) is 29.8 Å². The van der Waals surface area contributed by atoms with E-state index in [1.54, 1.807) is 7.11 Å². The minimum absolute atomic E-state index is 0.0738. The number of amides is 1. The SMILES string of the molecule is C#CCNC(=O)C(C)N(C)Cc1ccccc1OC. The molecule has 1 rings (SSSR count). The lowest BCUT2D eigenvalue weighted by Gasteiger charge is -2.24. The van der Waals surface area contributed by atoms with Crippen molar-refractivity contribution >= 4 is 5.91 Å². The van der Waals surface area contributed by atoms with Crippen LogP contribution in [0.25, 0.3) is 0 Å². The molecule has 102 valence electrons. The second-order valence-electron chi connectivity index (χ2n) is 4.32. The lowest BCUT2D eigenvalue weighted by atomic mass is 10.1. The quantitative estimate of drug-likeness (QED) is 0.783. The number of terminal acetylenes is 1. The Balaban J connectivity index is 2.66. The molecule has 4 nitrogen and oxygen atoms in total. The second kappa shape index (κ2) is 7.45. The molecule has 1 amide bonds. The van der Waals surface area contributed by atoms with Crippen LogP contribution < -0.4 is 10.1 Å². The molecule has 0 aliphatic rings. The lowest BCUT2D eigenvalue weighted by Crippen LogP contribution is -2.43. The van der Waals surface area contributed by atoms with Gasteiger partial charge in [0, 0.05) is 12.1 Å². The molecule has 0 aromatic heterocycles. The van der Waals surface area contributed by atoms with Crippen LogP contribution in [-0.2, 0) is 11.3 Å². The highest BCUT2D eigenvalue weighted by atomic mass is 16.5. The number of nitrogens with one attached hydrogen (secondary N) is 1. The standard InChI is InChI=1S/C15H20N2O2/c1-5-10-16-15(18)12(2)17(3)11-13-8-6-7-9-14(13)19-4/h1,6-9,12H,10-11H2,2-4H3,(H,16,18). The molecule has 4 heteroatoms. The van der Waals surface area contributed by atoms with Crippen molar-refractivity contribution in [2.24, 2.45) is 0 Å². The lowest BCUT2D eigenvalue weighted by molar-refractivity contribution is -0.125. The van der Waals surface area contributed by atoms with E-state index in [1.165, 1.54) is 0 Å². The van der Waals surface area contributed by atoms with Crippen LogP contribution in [0.4, 0.5) is 0 Å². The minimum atomic E-state index is -0.252. The summed E-state index contributed by atoms with van der Waals surface area (Å²) in [6.45, 7) is 2.74. The maximum atomic E-state index is 11.8. The molecule has 0 aliphatic heterocycles. The predicted octanol–water partition coefficient (Wildman–Crippen LogP) is 1.26. The van der Waals surface area contributed by atoms with Gasteiger partial charge in [0.05, 0.1) is 19.7 Å². The number of rotatable bonds is 6. The Morgan fingerprint density at radius 2 is 2.21 bits per heavy atom. The van der Waals surface area contributed by atoms with Gasteiger partial charge in [-0.2, -0.15) is 0 Å². The number of hydrogen-bond acceptors (Lipinski definition) is 3. The largest absolute Gasteiger partial charge is 0.496 e. The number of para-hydroxylation sites is 1. The van der Waals surface area contributed by atoms with Crippen molar-refractivity contribution in [1.82, 2.24) is 10.2 Å². The Morgan fingerprint density at radius 3 is 2.84 bits per heavy atom. The van der Waals surface area contributed by atoms with Crippen LogP contribution in [0.5, 0.6) is 5.75 Å². The maximum absolute atomic E-state index is 11.8. The van der Waals surface area contributed by atoms with E-state index >= 15 is 0 Å². The summed E-state index contributed by atoms with van der Waals surface area (Å²) < 4.78 is 5.30. The van der Waals surface area contributed by atoms with E-state index in [1.807, 2.05) is 43.1 Å². The summed E-state index contributed by atoms with van der Waals surface area (Å²) in [5, 5.41) is 2.68. The highest BCUT2D eigenvalue weighted by Crippen LogP contribution is 2.19. The molecule has 19 heavy (non-hydrogen) atoms. The third-order valence-electron chi connectivity index (χ3n) is 3.02. The van der Waals surface area contributed by atoms with Crippen molar-refractivity contribution in [1.29, 1.82) is 0 Å². The van der Waals surface area contributed by atoms with Gasteiger partial charge in [-0.1, -0.05) is 24.1 Å². The first-order valence-corrected chi connectivity index (χ1v) is 6.13. The Labute approximate surface area is 114 Å². The summed E-state index contributed by atoms with van der Waals surface area (Å²) >= 11 is 0. The Kier molecular flexibility index (Phi) is 5.91. The molecule has 0 saturated heterocycles. The van der Waals surface area contributed by atoms with Crippen LogP contribution >= 0.6 is 0 Å². The van der Waals surface area contributed by atoms with Crippen molar-refractivity contribution in [3.8, 4) is 18.1 Å². The van der Waals surface area contributed by atoms with Crippen LogP contribution in [0, 0.1) is 12.3 Å². The zero-order valence-corrected chi connectivity index (χ0v) is 11.6. The summed E-state index contributed by atoms with van der Waals surface area (Å²) in [4.78, 5) is 13.8. The zero-order chi connectivity index (χ0) is 14.3. The molecular weight excluding hydrogens is 240 g/mol. The first-order valence-electron chi connectivity index (χ1n) is 6.13. The molecule has 1 N–H and O–H groups in total. The minimum Gasteiger partial charge on any atom is -0.496 e. The first kappa shape index (κ1) is 15.1. The van der Waals surface area contributed by atoms with Crippen LogP contribution in [0.3, 0.4) is 0 Å². The molecule has 0 fully saturated rings. The van der Waals surface area contributed by atoms with Crippen LogP contribution in [-0.4, -0.2) is 37.6 Å². The molecule has 1 aromatic carbocycles. The average molecular weight is 260 g/mol. The number of carbonyl (C=O) groups is 1. The molecule has 1 aromatic rings. The maximum Gasteiger partial charge on any atom is 0.237 e. The first-order chi connectivity index (χ1) is 9.10. The highest BCUT2D eigenvalue weighted by molar-refractivity contribution is 5.81. The van der Waals surface area contributed by atoms with Crippen LogP contribution in [0.1, 0.15) is 12.5 Å². The van der Waals surface area contributed by atoms with Crippen molar-refractivity contribution in [2.75, 3.05) is 20.7 Å². The fourth-order valence-corrected chi connectivity index (χ4v) is 1.73. The Morgan fingerprint density at radius 1 is 1.53 bits per heavy atom. The van der Waals surface area contributed by atoms with Crippen molar-refractivity contribution in [2.45, 2.75) is 19.5 Å². The van der Waals surface area contributed by atoms with Gasteiger partial charge in [-0.05, 0) is 20.0 Å². The van der Waals surface area contributed by atoms with Gasteiger partial charge in [-0.3, -0.25) is 9.69 Å². The number of ether oxygens (including phenoxy) is 1. The fourth-order valence-electron chi connectivity index (χ4n) is 1.73. The molecule has 0 heterocycles. The van der Waals surface area contributed by atoms with Crippen LogP contribution in [0.2, 0.25) is 0 Å². The number of nitrogens with zero attached hydrogens (tertiary/aromatic N) is 1. The third kappa shape index (κ3) is 4.31. The van der Waals surface area contributed by atoms with E-state index in [4.69, 9.17) is 11.2 Å². The van der Waals surface area contributed by atoms with E-state index in [9.17, 15) is 4.79 Å². The molecule has 0 bridgehead atoms. The second-order valence-corrected chi connectivity index (χ2v) is 4.32. The van der Waals surface area contributed by atoms with Crippen LogP contribution in [0.15, 0.2) is 24.3 Å². The third-order valence-corrected chi connectivity index (χ3v) is 3.02. The predicted molar refractivity (Wildman–Crippen MR) is 75.8 cm³/mol. The smallest absolute Gasteiger partial charge is 0.237 e. The molecule has 0 spiro atoms. The summed E-state index contributed by atoms with van der Waals surface area (Å²) in [7, 11) is 3.54. The molecule has 0 aliphatic carbocycles. The van der Waals surface area contributed by atoms with Crippen molar-refractivity contribution in [3.63, 3.8) is 0 Å². The Bertz CT molecular complexity index is 465. The number of benzene rings is 1. The van der Waals surface area contributed by atoms with E-state index < -0.39 is 0 Å². The fraction of sp³-hybridized carbons (Fsp3) is 0.400. The summed E-state index contributed by atoms with van der Waals surface area (Å²) in [5.74, 6) is 3.14. The molecule has 1 unspecified atom stereocenters. The van der Waals surface area contributed by atoms with Gasteiger partial charge >= 0.3 is 0 Å². The van der Waals surface area contributed by atoms with Gasteiger partial charge < -0.3 is 10.1 Å². The van der Waals surface area contributed by atoms with Gasteiger partial charge in [0.25, 0.3) is 0 Å². The van der Waals surface area contributed by atoms with E-state index in [0.717, 1.165) is 11.3 Å². The molecule has 0 saturated carbocycles. The number of carbonyl (C=O) groups excluding carboxylic acids is 1. The topological polar surface area (TPSA) is 41.6 Å². The van der Waals surface area contributed by atoms with Gasteiger partial charge in [0.1, 0.15) is 5.75 Å². The van der Waals surface area contributed by atoms with E-state index in [2.05, 4.69) is 11.2 Å². The average Bonchev–Trinajstić information content (AvgIpc) is 2.44. The zero-order valence-electron chi connectivity index (χ0n) is 11.6. The Hall–Kier alpha value is -1.99. The number of methoxy groups -OCH3 is 1. The summed E-state index contributed by atoms with van der Waals surface area (Å²) in [5.41, 5.74) is 1.05. The van der Waals surface area contributed by atoms with Crippen molar-refractivity contribution < 1.29 is 9.53 Å². The number of likely N-dealkylation sites (N-methyl/N-ethyl adjacent to an activating group) is 1. The summed E-state index contributed by atoms with van der Waals surface area (Å²) in [6.07, 6.45) is 5.12. The van der Waals surface area contributed by atoms with E-state index in [0.29, 0.717) is 6.54 Å². The monoisotopic (exact) mass is 260 g/mol. The van der Waals surface area contributed by atoms with Gasteiger partial charge in [0.15, 0.2) is 0 Å². The van der Waals surface area contributed by atoms with Gasteiger partial charge in [0.2, 0.25) is 5.91 Å². The molecule has 0 radical (unpaired) electrons. The highest BCUT2D eigenvalue weighted by Gasteiger charge is 2.18. The molecule has 1 atom stereocenters. The molecular formula is C15H20N2O2. The normalized spacial score (nSPS) is 11.7. The van der Waals surface area contributed by atoms with Gasteiger partial charge in [-0.25, -0.2) is 0 Å². The van der Waals surface area contributed by atoms with Gasteiger partial charge in [-0.15, -0.1) is 6.42 Å².